The Balaban J connectivity index is 1.56. The largest absolute Gasteiger partial charge is 0.345 e. The normalized spacial score (nSPS) is 17.7. The zero-order valence-corrected chi connectivity index (χ0v) is 15.6. The smallest absolute Gasteiger partial charge is 0.261 e. The van der Waals surface area contributed by atoms with E-state index < -0.39 is 0 Å². The van der Waals surface area contributed by atoms with Crippen molar-refractivity contribution < 1.29 is 14.4 Å². The minimum atomic E-state index is -0.368. The third-order valence-electron chi connectivity index (χ3n) is 5.75. The number of amides is 3. The molecule has 0 spiro atoms. The molecule has 3 N–H and O–H groups in total. The Kier molecular flexibility index (Phi) is 4.73. The van der Waals surface area contributed by atoms with E-state index in [4.69, 9.17) is 5.73 Å². The average molecular weight is 377 g/mol. The molecule has 1 aliphatic carbocycles. The first-order chi connectivity index (χ1) is 13.5. The van der Waals surface area contributed by atoms with Crippen molar-refractivity contribution in [3.05, 3.63) is 70.8 Å². The van der Waals surface area contributed by atoms with Crippen molar-refractivity contribution >= 4 is 17.7 Å². The highest BCUT2D eigenvalue weighted by Crippen LogP contribution is 2.30. The zero-order chi connectivity index (χ0) is 19.7. The summed E-state index contributed by atoms with van der Waals surface area (Å²) in [6.07, 6.45) is 3.82. The number of nitrogens with one attached hydrogen (secondary N) is 1. The van der Waals surface area contributed by atoms with Crippen molar-refractivity contribution in [1.29, 1.82) is 0 Å². The number of imide groups is 1. The van der Waals surface area contributed by atoms with Crippen LogP contribution in [0, 0.1) is 0 Å². The second-order valence-corrected chi connectivity index (χ2v) is 7.59. The number of nitrogens with two attached hydrogens (primary N) is 1. The topological polar surface area (TPSA) is 92.5 Å². The Morgan fingerprint density at radius 2 is 1.68 bits per heavy atom. The molecule has 1 heterocycles. The van der Waals surface area contributed by atoms with E-state index >= 15 is 0 Å². The van der Waals surface area contributed by atoms with E-state index in [-0.39, 0.29) is 35.4 Å². The predicted octanol–water partition coefficient (Wildman–Crippen LogP) is 2.48. The molecule has 6 heteroatoms. The Morgan fingerprint density at radius 1 is 1.00 bits per heavy atom. The summed E-state index contributed by atoms with van der Waals surface area (Å²) in [4.78, 5) is 39.4. The summed E-state index contributed by atoms with van der Waals surface area (Å²) < 4.78 is 0. The fourth-order valence-electron chi connectivity index (χ4n) is 4.09. The molecule has 1 saturated carbocycles. The summed E-state index contributed by atoms with van der Waals surface area (Å²) in [6.45, 7) is 0.608. The molecule has 0 saturated heterocycles. The molecule has 0 radical (unpaired) electrons. The second kappa shape index (κ2) is 7.20. The summed E-state index contributed by atoms with van der Waals surface area (Å²) in [6, 6.07) is 14.1. The van der Waals surface area contributed by atoms with Gasteiger partial charge in [0.05, 0.1) is 23.2 Å². The molecule has 2 aromatic carbocycles. The fraction of sp³-hybridized carbons (Fsp3) is 0.318. The molecule has 0 bridgehead atoms. The summed E-state index contributed by atoms with van der Waals surface area (Å²) in [5.74, 6) is -0.949. The molecule has 1 aliphatic heterocycles. The lowest BCUT2D eigenvalue weighted by atomic mass is 9.96. The minimum Gasteiger partial charge on any atom is -0.345 e. The molecular formula is C22H23N3O3. The number of fused-ring (bicyclic) bond motifs is 1. The first-order valence-electron chi connectivity index (χ1n) is 9.60. The Labute approximate surface area is 163 Å². The molecule has 28 heavy (non-hydrogen) atoms. The van der Waals surface area contributed by atoms with Crippen LogP contribution in [0.15, 0.2) is 48.5 Å². The van der Waals surface area contributed by atoms with Crippen LogP contribution in [-0.4, -0.2) is 34.7 Å². The van der Waals surface area contributed by atoms with Crippen molar-refractivity contribution in [2.75, 3.05) is 6.54 Å². The van der Waals surface area contributed by atoms with Crippen molar-refractivity contribution in [2.24, 2.45) is 5.73 Å². The van der Waals surface area contributed by atoms with E-state index in [1.165, 1.54) is 11.0 Å². The molecule has 1 fully saturated rings. The van der Waals surface area contributed by atoms with Crippen molar-refractivity contribution in [1.82, 2.24) is 10.2 Å². The number of carbonyl (C=O) groups excluding carboxylic acids is 3. The predicted molar refractivity (Wildman–Crippen MR) is 105 cm³/mol. The SMILES string of the molecule is NCC1(NC(=O)c2ccc3c(c2)C(=O)N(Cc2ccccc2)C3=O)CCCC1. The molecule has 2 aromatic rings. The third-order valence-corrected chi connectivity index (χ3v) is 5.75. The molecule has 2 aliphatic rings. The maximum atomic E-state index is 12.8. The van der Waals surface area contributed by atoms with E-state index in [0.717, 1.165) is 31.2 Å². The maximum Gasteiger partial charge on any atom is 0.261 e. The number of hydrogen-bond donors (Lipinski definition) is 2. The fourth-order valence-corrected chi connectivity index (χ4v) is 4.09. The van der Waals surface area contributed by atoms with Crippen LogP contribution in [0.1, 0.15) is 62.3 Å². The molecule has 6 nitrogen and oxygen atoms in total. The first kappa shape index (κ1) is 18.4. The average Bonchev–Trinajstić information content (AvgIpc) is 3.28. The van der Waals surface area contributed by atoms with Crippen molar-refractivity contribution in [2.45, 2.75) is 37.8 Å². The van der Waals surface area contributed by atoms with Gasteiger partial charge >= 0.3 is 0 Å². The van der Waals surface area contributed by atoms with Gasteiger partial charge in [0.25, 0.3) is 17.7 Å². The van der Waals surface area contributed by atoms with E-state index in [9.17, 15) is 14.4 Å². The molecule has 0 aromatic heterocycles. The van der Waals surface area contributed by atoms with Crippen LogP contribution in [0.3, 0.4) is 0 Å². The van der Waals surface area contributed by atoms with E-state index in [1.807, 2.05) is 30.3 Å². The quantitative estimate of drug-likeness (QED) is 0.783. The van der Waals surface area contributed by atoms with Crippen LogP contribution in [0.25, 0.3) is 0 Å². The van der Waals surface area contributed by atoms with E-state index in [1.54, 1.807) is 12.1 Å². The molecule has 0 unspecified atom stereocenters. The van der Waals surface area contributed by atoms with Crippen LogP contribution in [0.5, 0.6) is 0 Å². The van der Waals surface area contributed by atoms with Crippen LogP contribution >= 0.6 is 0 Å². The van der Waals surface area contributed by atoms with Gasteiger partial charge in [0.1, 0.15) is 0 Å². The lowest BCUT2D eigenvalue weighted by Crippen LogP contribution is -2.51. The van der Waals surface area contributed by atoms with Gasteiger partial charge in [-0.2, -0.15) is 0 Å². The maximum absolute atomic E-state index is 12.8. The van der Waals surface area contributed by atoms with Gasteiger partial charge in [-0.15, -0.1) is 0 Å². The van der Waals surface area contributed by atoms with Gasteiger partial charge in [-0.1, -0.05) is 43.2 Å². The van der Waals surface area contributed by atoms with Gasteiger partial charge in [0, 0.05) is 12.1 Å². The first-order valence-corrected chi connectivity index (χ1v) is 9.60. The molecular weight excluding hydrogens is 354 g/mol. The van der Waals surface area contributed by atoms with Crippen LogP contribution in [0.4, 0.5) is 0 Å². The summed E-state index contributed by atoms with van der Waals surface area (Å²) in [7, 11) is 0. The number of benzene rings is 2. The van der Waals surface area contributed by atoms with Gasteiger partial charge in [0.15, 0.2) is 0 Å². The summed E-state index contributed by atoms with van der Waals surface area (Å²) in [5.41, 5.74) is 7.40. The highest BCUT2D eigenvalue weighted by Gasteiger charge is 2.37. The molecule has 3 amide bonds. The molecule has 144 valence electrons. The van der Waals surface area contributed by atoms with Gasteiger partial charge in [-0.05, 0) is 36.6 Å². The second-order valence-electron chi connectivity index (χ2n) is 7.59. The van der Waals surface area contributed by atoms with Gasteiger partial charge < -0.3 is 11.1 Å². The van der Waals surface area contributed by atoms with E-state index in [0.29, 0.717) is 17.7 Å². The highest BCUT2D eigenvalue weighted by atomic mass is 16.2. The zero-order valence-electron chi connectivity index (χ0n) is 15.6. The Morgan fingerprint density at radius 3 is 2.36 bits per heavy atom. The van der Waals surface area contributed by atoms with Crippen molar-refractivity contribution in [3.63, 3.8) is 0 Å². The number of nitrogens with zero attached hydrogens (tertiary/aromatic N) is 1. The van der Waals surface area contributed by atoms with Crippen LogP contribution in [0.2, 0.25) is 0 Å². The van der Waals surface area contributed by atoms with Gasteiger partial charge in [-0.25, -0.2) is 0 Å². The number of rotatable bonds is 5. The molecule has 0 atom stereocenters. The Hall–Kier alpha value is -2.99. The Bertz CT molecular complexity index is 933. The van der Waals surface area contributed by atoms with Crippen LogP contribution in [-0.2, 0) is 6.54 Å². The monoisotopic (exact) mass is 377 g/mol. The lowest BCUT2D eigenvalue weighted by molar-refractivity contribution is 0.0642. The van der Waals surface area contributed by atoms with Gasteiger partial charge in [0.2, 0.25) is 0 Å². The van der Waals surface area contributed by atoms with Gasteiger partial charge in [-0.3, -0.25) is 19.3 Å². The lowest BCUT2D eigenvalue weighted by Gasteiger charge is -2.28. The summed E-state index contributed by atoms with van der Waals surface area (Å²) >= 11 is 0. The number of hydrogen-bond acceptors (Lipinski definition) is 4. The standard InChI is InChI=1S/C22H23N3O3/c23-14-22(10-4-5-11-22)24-19(26)16-8-9-17-18(12-16)21(28)25(20(17)27)13-15-6-2-1-3-7-15/h1-3,6-9,12H,4-5,10-11,13-14,23H2,(H,24,26). The third kappa shape index (κ3) is 3.20. The minimum absolute atomic E-state index is 0.213. The van der Waals surface area contributed by atoms with E-state index in [2.05, 4.69) is 5.32 Å². The summed E-state index contributed by atoms with van der Waals surface area (Å²) in [5, 5.41) is 3.05. The van der Waals surface area contributed by atoms with Crippen molar-refractivity contribution in [3.8, 4) is 0 Å². The number of carbonyl (C=O) groups is 3. The highest BCUT2D eigenvalue weighted by molar-refractivity contribution is 6.22. The molecule has 4 rings (SSSR count). The van der Waals surface area contributed by atoms with Crippen LogP contribution < -0.4 is 11.1 Å².